The highest BCUT2D eigenvalue weighted by molar-refractivity contribution is 7.13. The fourth-order valence-electron chi connectivity index (χ4n) is 8.90. The fourth-order valence-corrected chi connectivity index (χ4v) is 55.5. The van der Waals surface area contributed by atoms with Gasteiger partial charge in [0.15, 0.2) is 0 Å². The van der Waals surface area contributed by atoms with Crippen molar-refractivity contribution in [1.82, 2.24) is 0 Å². The highest BCUT2D eigenvalue weighted by atomic mass is 28.6. The van der Waals surface area contributed by atoms with Crippen LogP contribution in [0.3, 0.4) is 0 Å². The summed E-state index contributed by atoms with van der Waals surface area (Å²) in [6, 6.07) is 67.9. The SMILES string of the molecule is CCC[Si]12O[Si]3(c4ccccc4)O[Si]4(c5ccccc5)O[Si](c5ccccc5)(O1)O[Si]1(c5ccccc5)O[Si](c5ccccc5)(O2)O[Si](c2ccccc2)(O3)O[Si](c2ccccc2)(O4)O1. The summed E-state index contributed by atoms with van der Waals surface area (Å²) in [6.45, 7) is 2.06. The van der Waals surface area contributed by atoms with E-state index in [9.17, 15) is 0 Å². The summed E-state index contributed by atoms with van der Waals surface area (Å²) in [6.07, 6.45) is 0.571. The summed E-state index contributed by atoms with van der Waals surface area (Å²) in [5.74, 6) is 0. The zero-order valence-corrected chi connectivity index (χ0v) is 43.0. The molecule has 7 aromatic rings. The molecule has 6 aliphatic rings. The molecule has 0 aliphatic carbocycles. The van der Waals surface area contributed by atoms with Crippen LogP contribution in [0.5, 0.6) is 0 Å². The van der Waals surface area contributed by atoms with E-state index in [2.05, 4.69) is 6.92 Å². The molecule has 20 heteroatoms. The first-order valence-corrected chi connectivity index (χ1v) is 35.6. The largest absolute Gasteiger partial charge is 0.515 e. The Morgan fingerprint density at radius 1 is 0.231 bits per heavy atom. The molecule has 0 atom stereocenters. The third-order valence-electron chi connectivity index (χ3n) is 11.7. The smallest absolute Gasteiger partial charge is 0.370 e. The van der Waals surface area contributed by atoms with E-state index in [4.69, 9.17) is 49.4 Å². The van der Waals surface area contributed by atoms with Crippen LogP contribution in [-0.4, -0.2) is 70.4 Å². The second-order valence-corrected chi connectivity index (χ2v) is 39.6. The summed E-state index contributed by atoms with van der Waals surface area (Å²) in [5, 5.41) is 4.21. The van der Waals surface area contributed by atoms with Gasteiger partial charge in [0.2, 0.25) is 0 Å². The molecule has 13 rings (SSSR count). The predicted molar refractivity (Wildman–Crippen MR) is 257 cm³/mol. The van der Waals surface area contributed by atoms with E-state index in [1.165, 1.54) is 0 Å². The van der Waals surface area contributed by atoms with Gasteiger partial charge in [-0.15, -0.1) is 0 Å². The average Bonchev–Trinajstić information content (AvgIpc) is 3.33. The number of benzene rings is 7. The van der Waals surface area contributed by atoms with Crippen LogP contribution in [0.15, 0.2) is 212 Å². The van der Waals surface area contributed by atoms with Crippen LogP contribution in [0.1, 0.15) is 13.3 Å². The molecule has 0 unspecified atom stereocenters. The predicted octanol–water partition coefficient (Wildman–Crippen LogP) is 3.53. The van der Waals surface area contributed by atoms with E-state index in [1.807, 2.05) is 212 Å². The molecule has 6 heterocycles. The van der Waals surface area contributed by atoms with Gasteiger partial charge < -0.3 is 49.4 Å². The van der Waals surface area contributed by atoms with Crippen LogP contribution >= 0.6 is 0 Å². The topological polar surface area (TPSA) is 111 Å². The molecule has 0 spiro atoms. The summed E-state index contributed by atoms with van der Waals surface area (Å²) in [7, 11) is -36.8. The lowest BCUT2D eigenvalue weighted by Gasteiger charge is -2.62. The highest BCUT2D eigenvalue weighted by Gasteiger charge is 2.85. The van der Waals surface area contributed by atoms with E-state index in [0.29, 0.717) is 42.7 Å². The Morgan fingerprint density at radius 3 is 0.538 bits per heavy atom. The number of hydrogen-bond donors (Lipinski definition) is 0. The van der Waals surface area contributed by atoms with E-state index < -0.39 is 70.4 Å². The molecule has 7 aromatic carbocycles. The average molecular weight is 1000 g/mol. The molecule has 6 fully saturated rings. The Balaban J connectivity index is 1.30. The van der Waals surface area contributed by atoms with Crippen LogP contribution in [0.25, 0.3) is 0 Å². The first kappa shape index (κ1) is 42.2. The molecule has 0 amide bonds. The van der Waals surface area contributed by atoms with Crippen molar-refractivity contribution in [3.63, 3.8) is 0 Å². The lowest BCUT2D eigenvalue weighted by molar-refractivity contribution is -0.00663. The van der Waals surface area contributed by atoms with E-state index in [0.717, 1.165) is 0 Å². The van der Waals surface area contributed by atoms with E-state index >= 15 is 0 Å². The fraction of sp³-hybridized carbons (Fsp3) is 0.0667. The second kappa shape index (κ2) is 16.0. The molecule has 65 heavy (non-hydrogen) atoms. The molecule has 0 radical (unpaired) electrons. The Kier molecular flexibility index (Phi) is 10.4. The van der Waals surface area contributed by atoms with Crippen molar-refractivity contribution in [2.75, 3.05) is 0 Å². The minimum absolute atomic E-state index is 0.287. The van der Waals surface area contributed by atoms with Gasteiger partial charge in [0.05, 0.1) is 0 Å². The van der Waals surface area contributed by atoms with Crippen LogP contribution in [-0.2, 0) is 49.4 Å². The summed E-state index contributed by atoms with van der Waals surface area (Å²) >= 11 is 0. The molecular weight excluding hydrogens is 957 g/mol. The van der Waals surface area contributed by atoms with Gasteiger partial charge in [-0.1, -0.05) is 226 Å². The van der Waals surface area contributed by atoms with Gasteiger partial charge in [-0.05, 0) is 0 Å². The van der Waals surface area contributed by atoms with Crippen LogP contribution < -0.4 is 36.3 Å². The Labute approximate surface area is 385 Å². The molecule has 12 nitrogen and oxygen atoms in total. The summed E-state index contributed by atoms with van der Waals surface area (Å²) < 4.78 is 96.2. The maximum absolute atomic E-state index is 8.06. The van der Waals surface area contributed by atoms with Gasteiger partial charge >= 0.3 is 70.4 Å². The number of hydrogen-bond acceptors (Lipinski definition) is 12. The minimum Gasteiger partial charge on any atom is -0.370 e. The van der Waals surface area contributed by atoms with Crippen molar-refractivity contribution in [2.24, 2.45) is 0 Å². The number of rotatable bonds is 9. The maximum atomic E-state index is 8.06. The van der Waals surface area contributed by atoms with Gasteiger partial charge in [0.1, 0.15) is 0 Å². The summed E-state index contributed by atoms with van der Waals surface area (Å²) in [4.78, 5) is 0. The molecule has 0 aromatic heterocycles. The second-order valence-electron chi connectivity index (χ2n) is 16.1. The molecular formula is C45H42O12Si8. The third-order valence-corrected chi connectivity index (χ3v) is 46.4. The van der Waals surface area contributed by atoms with Crippen LogP contribution in [0.4, 0.5) is 0 Å². The molecule has 0 N–H and O–H groups in total. The van der Waals surface area contributed by atoms with Gasteiger partial charge in [0.25, 0.3) is 0 Å². The quantitative estimate of drug-likeness (QED) is 0.198. The Hall–Kier alpha value is -4.20. The Morgan fingerprint density at radius 2 is 0.385 bits per heavy atom. The van der Waals surface area contributed by atoms with Crippen molar-refractivity contribution in [2.45, 2.75) is 19.4 Å². The van der Waals surface area contributed by atoms with Gasteiger partial charge in [0, 0.05) is 42.4 Å². The summed E-state index contributed by atoms with van der Waals surface area (Å²) in [5.41, 5.74) is 0. The van der Waals surface area contributed by atoms with Crippen molar-refractivity contribution in [1.29, 1.82) is 0 Å². The van der Waals surface area contributed by atoms with Crippen LogP contribution in [0, 0.1) is 0 Å². The standard InChI is InChI=1S/C45H42O12Si8/c1-2-38-58-46-59(39-24-10-3-11-25-39)49-62(42-30-16-6-17-31-42)51-60(47-58,40-26-12-4-13-27-40)53-64(44-34-20-8-21-35-44)54-61(48-58,41-28-14-5-15-29-41)52-63(50-59,43-32-18-7-19-33-43)56-65(55-62,57-64)45-36-22-9-23-37-45/h3-37H,2,38H2,1H3. The molecule has 326 valence electrons. The third kappa shape index (κ3) is 6.93. The maximum Gasteiger partial charge on any atom is 0.515 e. The van der Waals surface area contributed by atoms with Crippen molar-refractivity contribution in [3.05, 3.63) is 212 Å². The van der Waals surface area contributed by atoms with E-state index in [1.54, 1.807) is 0 Å². The molecule has 8 bridgehead atoms. The first-order chi connectivity index (χ1) is 31.8. The zero-order chi connectivity index (χ0) is 43.7. The monoisotopic (exact) mass is 998 g/mol. The lowest BCUT2D eigenvalue weighted by atomic mass is 10.4. The molecule has 6 aliphatic heterocycles. The van der Waals surface area contributed by atoms with Crippen molar-refractivity contribution < 1.29 is 49.4 Å². The lowest BCUT2D eigenvalue weighted by Crippen LogP contribution is -2.95. The first-order valence-electron chi connectivity index (χ1n) is 21.6. The van der Waals surface area contributed by atoms with Gasteiger partial charge in [-0.3, -0.25) is 0 Å². The van der Waals surface area contributed by atoms with Crippen molar-refractivity contribution >= 4 is 107 Å². The zero-order valence-electron chi connectivity index (χ0n) is 35.0. The van der Waals surface area contributed by atoms with Gasteiger partial charge in [-0.2, -0.15) is 0 Å². The van der Waals surface area contributed by atoms with E-state index in [-0.39, 0.29) is 6.04 Å². The molecule has 6 saturated heterocycles. The Bertz CT molecular complexity index is 2510. The van der Waals surface area contributed by atoms with Crippen molar-refractivity contribution in [3.8, 4) is 0 Å². The van der Waals surface area contributed by atoms with Gasteiger partial charge in [-0.25, -0.2) is 0 Å². The highest BCUT2D eigenvalue weighted by Crippen LogP contribution is 2.49. The molecule has 0 saturated carbocycles. The van der Waals surface area contributed by atoms with Crippen LogP contribution in [0.2, 0.25) is 6.04 Å². The minimum atomic E-state index is -4.68. The normalized spacial score (nSPS) is 34.7.